The largest absolute Gasteiger partial charge is 0.375 e. The molecule has 4 heteroatoms. The number of ether oxygens (including phenoxy) is 1. The second kappa shape index (κ2) is 7.82. The molecule has 0 radical (unpaired) electrons. The molecule has 0 bridgehead atoms. The minimum absolute atomic E-state index is 0.0965. The van der Waals surface area contributed by atoms with Gasteiger partial charge in [-0.05, 0) is 33.6 Å². The Morgan fingerprint density at radius 3 is 2.50 bits per heavy atom. The molecule has 2 rings (SSSR count). The van der Waals surface area contributed by atoms with Crippen LogP contribution in [-0.4, -0.2) is 19.1 Å². The minimum Gasteiger partial charge on any atom is -0.375 e. The molecule has 1 N–H and O–H groups in total. The number of benzene rings is 2. The van der Waals surface area contributed by atoms with Crippen molar-refractivity contribution < 1.29 is 9.53 Å². The molecule has 2 aromatic carbocycles. The number of amides is 1. The molecule has 0 saturated carbocycles. The summed E-state index contributed by atoms with van der Waals surface area (Å²) in [5.41, 5.74) is 1.76. The van der Waals surface area contributed by atoms with Crippen LogP contribution in [-0.2, 0) is 11.3 Å². The van der Waals surface area contributed by atoms with Gasteiger partial charge in [0.05, 0.1) is 18.8 Å². The fourth-order valence-corrected chi connectivity index (χ4v) is 2.21. The van der Waals surface area contributed by atoms with Crippen LogP contribution in [0.4, 0.5) is 0 Å². The molecule has 0 aliphatic rings. The number of halogens is 1. The Balaban J connectivity index is 1.69. The first kappa shape index (κ1) is 14.8. The third-order valence-electron chi connectivity index (χ3n) is 2.76. The van der Waals surface area contributed by atoms with Crippen molar-refractivity contribution in [3.63, 3.8) is 0 Å². The maximum atomic E-state index is 11.9. The monoisotopic (exact) mass is 333 g/mol. The number of carbonyl (C=O) groups excluding carboxylic acids is 1. The first-order chi connectivity index (χ1) is 9.77. The summed E-state index contributed by atoms with van der Waals surface area (Å²) in [6.07, 6.45) is 0. The van der Waals surface area contributed by atoms with Gasteiger partial charge in [0, 0.05) is 11.0 Å². The van der Waals surface area contributed by atoms with E-state index in [0.29, 0.717) is 25.3 Å². The quantitative estimate of drug-likeness (QED) is 0.823. The summed E-state index contributed by atoms with van der Waals surface area (Å²) in [5.74, 6) is -0.0965. The highest BCUT2D eigenvalue weighted by Gasteiger charge is 2.07. The molecule has 2 aromatic rings. The Labute approximate surface area is 127 Å². The van der Waals surface area contributed by atoms with Gasteiger partial charge in [-0.15, -0.1) is 0 Å². The summed E-state index contributed by atoms with van der Waals surface area (Å²) in [6.45, 7) is 1.55. The summed E-state index contributed by atoms with van der Waals surface area (Å²) >= 11 is 3.36. The molecule has 0 aliphatic carbocycles. The predicted octanol–water partition coefficient (Wildman–Crippen LogP) is 3.40. The van der Waals surface area contributed by atoms with Gasteiger partial charge in [-0.1, -0.05) is 42.5 Å². The van der Waals surface area contributed by atoms with Gasteiger partial charge in [-0.25, -0.2) is 0 Å². The average molecular weight is 334 g/mol. The molecule has 0 saturated heterocycles. The summed E-state index contributed by atoms with van der Waals surface area (Å²) < 4.78 is 6.30. The number of carbonyl (C=O) groups is 1. The van der Waals surface area contributed by atoms with Crippen LogP contribution in [0.1, 0.15) is 15.9 Å². The molecule has 104 valence electrons. The molecule has 0 unspecified atom stereocenters. The zero-order valence-electron chi connectivity index (χ0n) is 11.0. The Morgan fingerprint density at radius 1 is 1.05 bits per heavy atom. The van der Waals surface area contributed by atoms with Crippen LogP contribution in [0.5, 0.6) is 0 Å². The van der Waals surface area contributed by atoms with E-state index in [9.17, 15) is 4.79 Å². The highest BCUT2D eigenvalue weighted by molar-refractivity contribution is 9.10. The van der Waals surface area contributed by atoms with Crippen molar-refractivity contribution in [3.8, 4) is 0 Å². The lowest BCUT2D eigenvalue weighted by atomic mass is 10.2. The van der Waals surface area contributed by atoms with Crippen LogP contribution in [0.25, 0.3) is 0 Å². The van der Waals surface area contributed by atoms with Gasteiger partial charge < -0.3 is 10.1 Å². The van der Waals surface area contributed by atoms with Gasteiger partial charge in [0.2, 0.25) is 0 Å². The number of nitrogens with one attached hydrogen (secondary N) is 1. The molecule has 1 amide bonds. The molecule has 0 aromatic heterocycles. The molecule has 0 spiro atoms. The fourth-order valence-electron chi connectivity index (χ4n) is 1.74. The van der Waals surface area contributed by atoms with Gasteiger partial charge in [0.25, 0.3) is 5.91 Å². The summed E-state index contributed by atoms with van der Waals surface area (Å²) in [5, 5.41) is 2.83. The Kier molecular flexibility index (Phi) is 5.77. The standard InChI is InChI=1S/C16H16BrNO2/c17-15-9-5-4-8-14(15)16(19)18-10-11-20-12-13-6-2-1-3-7-13/h1-9H,10-12H2,(H,18,19). The number of rotatable bonds is 6. The summed E-state index contributed by atoms with van der Waals surface area (Å²) in [7, 11) is 0. The molecular weight excluding hydrogens is 318 g/mol. The third-order valence-corrected chi connectivity index (χ3v) is 3.45. The minimum atomic E-state index is -0.0965. The van der Waals surface area contributed by atoms with Crippen molar-refractivity contribution in [1.82, 2.24) is 5.32 Å². The van der Waals surface area contributed by atoms with E-state index in [2.05, 4.69) is 21.2 Å². The fraction of sp³-hybridized carbons (Fsp3) is 0.188. The van der Waals surface area contributed by atoms with Crippen LogP contribution in [0.3, 0.4) is 0 Å². The molecule has 0 heterocycles. The molecule has 0 atom stereocenters. The molecule has 0 fully saturated rings. The van der Waals surface area contributed by atoms with Gasteiger partial charge in [0.1, 0.15) is 0 Å². The first-order valence-electron chi connectivity index (χ1n) is 6.42. The predicted molar refractivity (Wildman–Crippen MR) is 82.6 cm³/mol. The maximum Gasteiger partial charge on any atom is 0.252 e. The van der Waals surface area contributed by atoms with E-state index < -0.39 is 0 Å². The zero-order chi connectivity index (χ0) is 14.2. The third kappa shape index (κ3) is 4.47. The lowest BCUT2D eigenvalue weighted by Crippen LogP contribution is -2.27. The van der Waals surface area contributed by atoms with Crippen LogP contribution in [0, 0.1) is 0 Å². The lowest BCUT2D eigenvalue weighted by molar-refractivity contribution is 0.0900. The second-order valence-electron chi connectivity index (χ2n) is 4.27. The van der Waals surface area contributed by atoms with Gasteiger partial charge in [0.15, 0.2) is 0 Å². The average Bonchev–Trinajstić information content (AvgIpc) is 2.48. The summed E-state index contributed by atoms with van der Waals surface area (Å²) in [4.78, 5) is 11.9. The van der Waals surface area contributed by atoms with Crippen molar-refractivity contribution in [2.24, 2.45) is 0 Å². The van der Waals surface area contributed by atoms with Crippen LogP contribution >= 0.6 is 15.9 Å². The Hall–Kier alpha value is -1.65. The molecule has 20 heavy (non-hydrogen) atoms. The van der Waals surface area contributed by atoms with Crippen molar-refractivity contribution >= 4 is 21.8 Å². The van der Waals surface area contributed by atoms with Gasteiger partial charge in [-0.3, -0.25) is 4.79 Å². The van der Waals surface area contributed by atoms with Gasteiger partial charge in [-0.2, -0.15) is 0 Å². The maximum absolute atomic E-state index is 11.9. The van der Waals surface area contributed by atoms with Crippen LogP contribution in [0.2, 0.25) is 0 Å². The molecule has 3 nitrogen and oxygen atoms in total. The smallest absolute Gasteiger partial charge is 0.252 e. The highest BCUT2D eigenvalue weighted by atomic mass is 79.9. The van der Waals surface area contributed by atoms with Crippen molar-refractivity contribution in [2.45, 2.75) is 6.61 Å². The van der Waals surface area contributed by atoms with E-state index in [-0.39, 0.29) is 5.91 Å². The molecule has 0 aliphatic heterocycles. The number of hydrogen-bond acceptors (Lipinski definition) is 2. The highest BCUT2D eigenvalue weighted by Crippen LogP contribution is 2.15. The Bertz CT molecular complexity index is 557. The van der Waals surface area contributed by atoms with Crippen molar-refractivity contribution in [1.29, 1.82) is 0 Å². The molecular formula is C16H16BrNO2. The summed E-state index contributed by atoms with van der Waals surface area (Å²) in [6, 6.07) is 17.3. The SMILES string of the molecule is O=C(NCCOCc1ccccc1)c1ccccc1Br. The van der Waals surface area contributed by atoms with Crippen LogP contribution < -0.4 is 5.32 Å². The van der Waals surface area contributed by atoms with Crippen molar-refractivity contribution in [3.05, 3.63) is 70.2 Å². The second-order valence-corrected chi connectivity index (χ2v) is 5.13. The van der Waals surface area contributed by atoms with Crippen LogP contribution in [0.15, 0.2) is 59.1 Å². The lowest BCUT2D eigenvalue weighted by Gasteiger charge is -2.07. The topological polar surface area (TPSA) is 38.3 Å². The van der Waals surface area contributed by atoms with E-state index >= 15 is 0 Å². The van der Waals surface area contributed by atoms with E-state index in [0.717, 1.165) is 10.0 Å². The first-order valence-corrected chi connectivity index (χ1v) is 7.21. The van der Waals surface area contributed by atoms with Crippen molar-refractivity contribution in [2.75, 3.05) is 13.2 Å². The Morgan fingerprint density at radius 2 is 1.75 bits per heavy atom. The van der Waals surface area contributed by atoms with E-state index in [4.69, 9.17) is 4.74 Å². The van der Waals surface area contributed by atoms with E-state index in [1.165, 1.54) is 0 Å². The van der Waals surface area contributed by atoms with Gasteiger partial charge >= 0.3 is 0 Å². The number of hydrogen-bond donors (Lipinski definition) is 1. The van der Waals surface area contributed by atoms with E-state index in [1.54, 1.807) is 6.07 Å². The van der Waals surface area contributed by atoms with E-state index in [1.807, 2.05) is 48.5 Å². The zero-order valence-corrected chi connectivity index (χ0v) is 12.6. The normalized spacial score (nSPS) is 10.2.